The Balaban J connectivity index is 1.28. The molecular weight excluding hydrogens is 432 g/mol. The third kappa shape index (κ3) is 3.64. The Labute approximate surface area is 200 Å². The highest BCUT2D eigenvalue weighted by molar-refractivity contribution is 5.84. The van der Waals surface area contributed by atoms with Crippen molar-refractivity contribution in [1.29, 1.82) is 0 Å². The second kappa shape index (κ2) is 8.68. The van der Waals surface area contributed by atoms with Crippen LogP contribution in [0.1, 0.15) is 73.1 Å². The number of benzene rings is 1. The summed E-state index contributed by atoms with van der Waals surface area (Å²) in [5.74, 6) is 1.50. The summed E-state index contributed by atoms with van der Waals surface area (Å²) >= 11 is 0. The molecule has 184 valence electrons. The first-order valence-corrected chi connectivity index (χ1v) is 12.7. The number of amides is 1. The second-order valence-corrected chi connectivity index (χ2v) is 10.9. The Kier molecular flexibility index (Phi) is 5.97. The van der Waals surface area contributed by atoms with E-state index in [2.05, 4.69) is 35.6 Å². The fourth-order valence-corrected chi connectivity index (χ4v) is 7.60. The van der Waals surface area contributed by atoms with Crippen molar-refractivity contribution in [1.82, 2.24) is 5.16 Å². The summed E-state index contributed by atoms with van der Waals surface area (Å²) in [6, 6.07) is 6.52. The standard InChI is InChI=1S/C27H36N2O5/c1-16-13-18(9-11-22-23(28-25(32)33)17(2)29-34-22)8-10-19(16)14-21-20-7-5-3-4-6-12-26(20)15-27(21,26)24(30)31/h8,10,13,20-21,24,28,30-31H,3-7,9,11-12,14-15H2,1-2H3,(H,32,33). The molecule has 0 saturated heterocycles. The lowest BCUT2D eigenvalue weighted by Crippen LogP contribution is -2.53. The van der Waals surface area contributed by atoms with Crippen LogP contribution in [0.5, 0.6) is 0 Å². The van der Waals surface area contributed by atoms with Crippen molar-refractivity contribution in [3.05, 3.63) is 46.3 Å². The van der Waals surface area contributed by atoms with Crippen LogP contribution >= 0.6 is 0 Å². The normalized spacial score (nSPS) is 30.0. The van der Waals surface area contributed by atoms with Gasteiger partial charge in [-0.15, -0.1) is 0 Å². The molecule has 1 amide bonds. The lowest BCUT2D eigenvalue weighted by Gasteiger charge is -2.54. The Bertz CT molecular complexity index is 1080. The van der Waals surface area contributed by atoms with E-state index >= 15 is 0 Å². The molecule has 4 atom stereocenters. The van der Waals surface area contributed by atoms with Crippen LogP contribution in [0.15, 0.2) is 22.7 Å². The Morgan fingerprint density at radius 3 is 2.74 bits per heavy atom. The van der Waals surface area contributed by atoms with Crippen molar-refractivity contribution in [3.63, 3.8) is 0 Å². The van der Waals surface area contributed by atoms with Crippen LogP contribution < -0.4 is 5.32 Å². The van der Waals surface area contributed by atoms with E-state index in [0.717, 1.165) is 31.2 Å². The molecule has 7 nitrogen and oxygen atoms in total. The molecule has 3 saturated carbocycles. The van der Waals surface area contributed by atoms with Crippen molar-refractivity contribution in [2.45, 2.75) is 84.3 Å². The summed E-state index contributed by atoms with van der Waals surface area (Å²) in [7, 11) is 0. The summed E-state index contributed by atoms with van der Waals surface area (Å²) in [4.78, 5) is 11.0. The maximum atomic E-state index is 11.0. The number of hydrogen-bond donors (Lipinski definition) is 4. The van der Waals surface area contributed by atoms with Crippen molar-refractivity contribution in [3.8, 4) is 0 Å². The number of anilines is 1. The average Bonchev–Trinajstić information content (AvgIpc) is 3.26. The third-order valence-corrected chi connectivity index (χ3v) is 9.27. The highest BCUT2D eigenvalue weighted by Gasteiger charge is 2.84. The van der Waals surface area contributed by atoms with Crippen LogP contribution in [-0.4, -0.2) is 32.9 Å². The monoisotopic (exact) mass is 468 g/mol. The van der Waals surface area contributed by atoms with Gasteiger partial charge < -0.3 is 19.8 Å². The molecule has 3 aliphatic carbocycles. The number of nitrogens with zero attached hydrogens (tertiary/aromatic N) is 1. The molecule has 1 spiro atoms. The molecule has 0 bridgehead atoms. The van der Waals surface area contributed by atoms with Crippen LogP contribution in [0.2, 0.25) is 0 Å². The largest absolute Gasteiger partial charge is 0.465 e. The van der Waals surface area contributed by atoms with E-state index < -0.39 is 12.4 Å². The van der Waals surface area contributed by atoms with Crippen LogP contribution in [-0.2, 0) is 19.3 Å². The molecule has 7 heteroatoms. The predicted molar refractivity (Wildman–Crippen MR) is 128 cm³/mol. The topological polar surface area (TPSA) is 116 Å². The molecule has 1 aromatic heterocycles. The van der Waals surface area contributed by atoms with E-state index in [-0.39, 0.29) is 10.8 Å². The van der Waals surface area contributed by atoms with Crippen LogP contribution in [0.3, 0.4) is 0 Å². The number of aryl methyl sites for hydroxylation is 4. The lowest BCUT2D eigenvalue weighted by atomic mass is 9.51. The van der Waals surface area contributed by atoms with Crippen LogP contribution in [0.4, 0.5) is 10.5 Å². The number of carbonyl (C=O) groups is 1. The van der Waals surface area contributed by atoms with E-state index in [9.17, 15) is 15.0 Å². The van der Waals surface area contributed by atoms with Gasteiger partial charge in [0.05, 0.1) is 0 Å². The molecule has 1 aromatic carbocycles. The van der Waals surface area contributed by atoms with Gasteiger partial charge in [-0.25, -0.2) is 4.79 Å². The van der Waals surface area contributed by atoms with Gasteiger partial charge in [-0.05, 0) is 79.9 Å². The minimum atomic E-state index is -1.22. The van der Waals surface area contributed by atoms with Gasteiger partial charge in [-0.3, -0.25) is 5.32 Å². The Morgan fingerprint density at radius 1 is 1.21 bits per heavy atom. The molecule has 3 aliphatic rings. The minimum absolute atomic E-state index is 0.178. The van der Waals surface area contributed by atoms with Crippen molar-refractivity contribution in [2.75, 3.05) is 5.32 Å². The van der Waals surface area contributed by atoms with Crippen molar-refractivity contribution < 1.29 is 24.6 Å². The van der Waals surface area contributed by atoms with E-state index in [0.29, 0.717) is 35.4 Å². The fourth-order valence-electron chi connectivity index (χ4n) is 7.60. The van der Waals surface area contributed by atoms with Gasteiger partial charge in [0.25, 0.3) is 0 Å². The molecule has 4 N–H and O–H groups in total. The highest BCUT2D eigenvalue weighted by atomic mass is 16.5. The summed E-state index contributed by atoms with van der Waals surface area (Å²) in [5, 5.41) is 36.1. The third-order valence-electron chi connectivity index (χ3n) is 9.27. The maximum absolute atomic E-state index is 11.0. The summed E-state index contributed by atoms with van der Waals surface area (Å²) in [6.07, 6.45) is 8.26. The molecule has 4 unspecified atom stereocenters. The molecule has 2 aromatic rings. The first-order chi connectivity index (χ1) is 16.3. The van der Waals surface area contributed by atoms with Gasteiger partial charge >= 0.3 is 6.09 Å². The first kappa shape index (κ1) is 23.4. The van der Waals surface area contributed by atoms with Crippen LogP contribution in [0.25, 0.3) is 0 Å². The summed E-state index contributed by atoms with van der Waals surface area (Å²) in [6.45, 7) is 3.85. The second-order valence-electron chi connectivity index (χ2n) is 10.9. The molecular formula is C27H36N2O5. The lowest BCUT2D eigenvalue weighted by molar-refractivity contribution is -0.194. The number of carboxylic acid groups (broad SMARTS) is 1. The highest BCUT2D eigenvalue weighted by Crippen LogP contribution is 2.87. The molecule has 0 aliphatic heterocycles. The first-order valence-electron chi connectivity index (χ1n) is 12.7. The summed E-state index contributed by atoms with van der Waals surface area (Å²) in [5.41, 5.74) is 4.53. The SMILES string of the molecule is Cc1cc(CCc2onc(C)c2NC(=O)O)ccc1CC1C2CCCCCCC23CC13C(O)O. The zero-order valence-electron chi connectivity index (χ0n) is 20.1. The van der Waals surface area contributed by atoms with Gasteiger partial charge in [0.15, 0.2) is 12.1 Å². The number of aliphatic hydroxyl groups is 2. The van der Waals surface area contributed by atoms with Crippen LogP contribution in [0, 0.1) is 36.5 Å². The average molecular weight is 469 g/mol. The van der Waals surface area contributed by atoms with Crippen molar-refractivity contribution in [2.24, 2.45) is 22.7 Å². The van der Waals surface area contributed by atoms with E-state index in [1.54, 1.807) is 6.92 Å². The Morgan fingerprint density at radius 2 is 2.00 bits per heavy atom. The number of aliphatic hydroxyl groups excluding tert-OH is 1. The van der Waals surface area contributed by atoms with E-state index in [1.807, 2.05) is 0 Å². The molecule has 34 heavy (non-hydrogen) atoms. The van der Waals surface area contributed by atoms with Gasteiger partial charge in [-0.2, -0.15) is 0 Å². The smallest absolute Gasteiger partial charge is 0.409 e. The fraction of sp³-hybridized carbons (Fsp3) is 0.630. The molecule has 0 radical (unpaired) electrons. The van der Waals surface area contributed by atoms with Gasteiger partial charge in [0.2, 0.25) is 0 Å². The number of nitrogens with one attached hydrogen (secondary N) is 1. The van der Waals surface area contributed by atoms with Gasteiger partial charge in [-0.1, -0.05) is 49.0 Å². The van der Waals surface area contributed by atoms with Gasteiger partial charge in [0.1, 0.15) is 11.4 Å². The Hall–Kier alpha value is -2.38. The van der Waals surface area contributed by atoms with Gasteiger partial charge in [0, 0.05) is 11.8 Å². The zero-order valence-corrected chi connectivity index (χ0v) is 20.1. The molecule has 5 rings (SSSR count). The quantitative estimate of drug-likeness (QED) is 0.425. The zero-order chi connectivity index (χ0) is 24.1. The summed E-state index contributed by atoms with van der Waals surface area (Å²) < 4.78 is 5.34. The maximum Gasteiger partial charge on any atom is 0.409 e. The number of aromatic nitrogens is 1. The predicted octanol–water partition coefficient (Wildman–Crippen LogP) is 5.00. The van der Waals surface area contributed by atoms with Crippen molar-refractivity contribution >= 4 is 11.8 Å². The van der Waals surface area contributed by atoms with E-state index in [1.165, 1.54) is 43.2 Å². The number of rotatable bonds is 7. The minimum Gasteiger partial charge on any atom is -0.465 e. The molecule has 3 fully saturated rings. The number of hydrogen-bond acceptors (Lipinski definition) is 5. The molecule has 1 heterocycles. The van der Waals surface area contributed by atoms with E-state index in [4.69, 9.17) is 9.63 Å².